The van der Waals surface area contributed by atoms with Crippen molar-refractivity contribution >= 4 is 5.97 Å². The Morgan fingerprint density at radius 3 is 2.50 bits per heavy atom. The van der Waals surface area contributed by atoms with Gasteiger partial charge >= 0.3 is 5.97 Å². The Balaban J connectivity index is 3.27. The summed E-state index contributed by atoms with van der Waals surface area (Å²) >= 11 is 0. The zero-order chi connectivity index (χ0) is 12.3. The highest BCUT2D eigenvalue weighted by molar-refractivity contribution is 5.91. The van der Waals surface area contributed by atoms with Crippen LogP contribution in [0.4, 0.5) is 0 Å². The standard InChI is InChI=1S/C11H16N2O3/c1-11(2,3)7-5-8(10(14)16-12)9(15-4)13-6-7/h5-6H,12H2,1-4H3. The van der Waals surface area contributed by atoms with E-state index in [1.165, 1.54) is 7.11 Å². The molecule has 0 amide bonds. The maximum Gasteiger partial charge on any atom is 0.362 e. The van der Waals surface area contributed by atoms with Gasteiger partial charge in [0.15, 0.2) is 0 Å². The average molecular weight is 224 g/mol. The van der Waals surface area contributed by atoms with Crippen LogP contribution in [-0.2, 0) is 10.3 Å². The van der Waals surface area contributed by atoms with Crippen molar-refractivity contribution < 1.29 is 14.4 Å². The summed E-state index contributed by atoms with van der Waals surface area (Å²) in [5.74, 6) is 4.41. The molecule has 0 fully saturated rings. The van der Waals surface area contributed by atoms with E-state index in [2.05, 4.69) is 9.82 Å². The van der Waals surface area contributed by atoms with Crippen LogP contribution >= 0.6 is 0 Å². The van der Waals surface area contributed by atoms with Gasteiger partial charge in [0, 0.05) is 6.20 Å². The second-order valence-electron chi connectivity index (χ2n) is 4.44. The zero-order valence-electron chi connectivity index (χ0n) is 9.90. The largest absolute Gasteiger partial charge is 0.480 e. The number of pyridine rings is 1. The van der Waals surface area contributed by atoms with Crippen LogP contribution in [0.1, 0.15) is 36.7 Å². The van der Waals surface area contributed by atoms with Crippen LogP contribution in [0.2, 0.25) is 0 Å². The monoisotopic (exact) mass is 224 g/mol. The van der Waals surface area contributed by atoms with E-state index in [-0.39, 0.29) is 16.9 Å². The summed E-state index contributed by atoms with van der Waals surface area (Å²) in [4.78, 5) is 19.6. The highest BCUT2D eigenvalue weighted by atomic mass is 16.7. The van der Waals surface area contributed by atoms with E-state index in [0.29, 0.717) is 0 Å². The average Bonchev–Trinajstić information content (AvgIpc) is 2.25. The molecule has 0 unspecified atom stereocenters. The lowest BCUT2D eigenvalue weighted by Crippen LogP contribution is -2.16. The fraction of sp³-hybridized carbons (Fsp3) is 0.455. The maximum atomic E-state index is 11.4. The van der Waals surface area contributed by atoms with Crippen LogP contribution < -0.4 is 10.6 Å². The van der Waals surface area contributed by atoms with E-state index in [1.54, 1.807) is 12.3 Å². The Bertz CT molecular complexity index is 397. The van der Waals surface area contributed by atoms with Crippen LogP contribution in [0.15, 0.2) is 12.3 Å². The van der Waals surface area contributed by atoms with E-state index < -0.39 is 5.97 Å². The normalized spacial score (nSPS) is 11.1. The van der Waals surface area contributed by atoms with Gasteiger partial charge in [-0.25, -0.2) is 9.78 Å². The molecular weight excluding hydrogens is 208 g/mol. The first-order valence-corrected chi connectivity index (χ1v) is 4.85. The van der Waals surface area contributed by atoms with Gasteiger partial charge in [0.2, 0.25) is 5.88 Å². The third-order valence-electron chi connectivity index (χ3n) is 2.24. The number of aromatic nitrogens is 1. The number of hydrogen-bond acceptors (Lipinski definition) is 5. The predicted molar refractivity (Wildman–Crippen MR) is 59.1 cm³/mol. The summed E-state index contributed by atoms with van der Waals surface area (Å²) < 4.78 is 4.97. The van der Waals surface area contributed by atoms with Crippen molar-refractivity contribution in [3.05, 3.63) is 23.4 Å². The van der Waals surface area contributed by atoms with Gasteiger partial charge in [-0.3, -0.25) is 0 Å². The predicted octanol–water partition coefficient (Wildman–Crippen LogP) is 1.42. The second kappa shape index (κ2) is 4.49. The summed E-state index contributed by atoms with van der Waals surface area (Å²) in [7, 11) is 1.44. The molecule has 88 valence electrons. The number of carbonyl (C=O) groups is 1. The smallest absolute Gasteiger partial charge is 0.362 e. The summed E-state index contributed by atoms with van der Waals surface area (Å²) in [6.07, 6.45) is 1.67. The zero-order valence-corrected chi connectivity index (χ0v) is 9.90. The number of nitrogens with two attached hydrogens (primary N) is 1. The van der Waals surface area contributed by atoms with E-state index in [4.69, 9.17) is 10.6 Å². The molecule has 5 nitrogen and oxygen atoms in total. The highest BCUT2D eigenvalue weighted by Gasteiger charge is 2.20. The molecule has 1 rings (SSSR count). The molecule has 5 heteroatoms. The fourth-order valence-corrected chi connectivity index (χ4v) is 1.23. The molecule has 1 heterocycles. The number of hydrogen-bond donors (Lipinski definition) is 1. The SMILES string of the molecule is COc1ncc(C(C)(C)C)cc1C(=O)ON. The maximum absolute atomic E-state index is 11.4. The Morgan fingerprint density at radius 1 is 1.44 bits per heavy atom. The molecule has 0 bridgehead atoms. The van der Waals surface area contributed by atoms with Crippen LogP contribution in [0.5, 0.6) is 5.88 Å². The minimum absolute atomic E-state index is 0.108. The number of methoxy groups -OCH3 is 1. The Morgan fingerprint density at radius 2 is 2.06 bits per heavy atom. The number of nitrogens with zero attached hydrogens (tertiary/aromatic N) is 1. The van der Waals surface area contributed by atoms with Crippen molar-refractivity contribution in [3.63, 3.8) is 0 Å². The van der Waals surface area contributed by atoms with Crippen LogP contribution in [-0.4, -0.2) is 18.1 Å². The van der Waals surface area contributed by atoms with Crippen molar-refractivity contribution in [3.8, 4) is 5.88 Å². The molecule has 0 saturated carbocycles. The van der Waals surface area contributed by atoms with Gasteiger partial charge in [0.05, 0.1) is 7.11 Å². The summed E-state index contributed by atoms with van der Waals surface area (Å²) in [5, 5.41) is 0. The summed E-state index contributed by atoms with van der Waals surface area (Å²) in [6.45, 7) is 6.07. The van der Waals surface area contributed by atoms with Crippen LogP contribution in [0.25, 0.3) is 0 Å². The van der Waals surface area contributed by atoms with Crippen LogP contribution in [0, 0.1) is 0 Å². The first-order valence-electron chi connectivity index (χ1n) is 4.85. The van der Waals surface area contributed by atoms with Crippen LogP contribution in [0.3, 0.4) is 0 Å². The van der Waals surface area contributed by atoms with Crippen molar-refractivity contribution in [2.24, 2.45) is 5.90 Å². The Kier molecular flexibility index (Phi) is 3.49. The van der Waals surface area contributed by atoms with Gasteiger partial charge in [-0.2, -0.15) is 5.90 Å². The topological polar surface area (TPSA) is 74.4 Å². The third kappa shape index (κ3) is 2.49. The number of ether oxygens (including phenoxy) is 1. The lowest BCUT2D eigenvalue weighted by Gasteiger charge is -2.19. The second-order valence-corrected chi connectivity index (χ2v) is 4.44. The molecule has 0 aliphatic heterocycles. The van der Waals surface area contributed by atoms with E-state index in [9.17, 15) is 4.79 Å². The highest BCUT2D eigenvalue weighted by Crippen LogP contribution is 2.26. The quantitative estimate of drug-likeness (QED) is 0.769. The fourth-order valence-electron chi connectivity index (χ4n) is 1.23. The van der Waals surface area contributed by atoms with Crippen molar-refractivity contribution in [1.29, 1.82) is 0 Å². The molecule has 0 aromatic carbocycles. The van der Waals surface area contributed by atoms with Gasteiger partial charge < -0.3 is 9.57 Å². The molecule has 0 saturated heterocycles. The lowest BCUT2D eigenvalue weighted by molar-refractivity contribution is 0.0498. The van der Waals surface area contributed by atoms with E-state index >= 15 is 0 Å². The van der Waals surface area contributed by atoms with Crippen molar-refractivity contribution in [1.82, 2.24) is 4.98 Å². The van der Waals surface area contributed by atoms with E-state index in [0.717, 1.165) is 5.56 Å². The third-order valence-corrected chi connectivity index (χ3v) is 2.24. The molecular formula is C11H16N2O3. The molecule has 0 aliphatic carbocycles. The van der Waals surface area contributed by atoms with Crippen molar-refractivity contribution in [2.45, 2.75) is 26.2 Å². The summed E-state index contributed by atoms with van der Waals surface area (Å²) in [5.41, 5.74) is 1.04. The molecule has 0 spiro atoms. The Labute approximate surface area is 94.5 Å². The number of rotatable bonds is 2. The molecule has 1 aromatic heterocycles. The van der Waals surface area contributed by atoms with Gasteiger partial charge in [-0.05, 0) is 17.0 Å². The van der Waals surface area contributed by atoms with Gasteiger partial charge in [0.25, 0.3) is 0 Å². The van der Waals surface area contributed by atoms with Gasteiger partial charge in [-0.1, -0.05) is 20.8 Å². The molecule has 16 heavy (non-hydrogen) atoms. The Hall–Kier alpha value is -1.62. The van der Waals surface area contributed by atoms with Gasteiger partial charge in [0.1, 0.15) is 5.56 Å². The molecule has 0 atom stereocenters. The lowest BCUT2D eigenvalue weighted by atomic mass is 9.87. The van der Waals surface area contributed by atoms with Gasteiger partial charge in [-0.15, -0.1) is 0 Å². The molecule has 2 N–H and O–H groups in total. The van der Waals surface area contributed by atoms with Crippen molar-refractivity contribution in [2.75, 3.05) is 7.11 Å². The minimum Gasteiger partial charge on any atom is -0.480 e. The summed E-state index contributed by atoms with van der Waals surface area (Å²) in [6, 6.07) is 1.68. The van der Waals surface area contributed by atoms with E-state index in [1.807, 2.05) is 20.8 Å². The first kappa shape index (κ1) is 12.4. The minimum atomic E-state index is -0.657. The molecule has 0 radical (unpaired) electrons. The number of carbonyl (C=O) groups excluding carboxylic acids is 1. The molecule has 0 aliphatic rings. The first-order chi connectivity index (χ1) is 7.40. The molecule has 1 aromatic rings.